The van der Waals surface area contributed by atoms with Crippen LogP contribution in [0.25, 0.3) is 0 Å². The van der Waals surface area contributed by atoms with E-state index in [4.69, 9.17) is 0 Å². The Hall–Kier alpha value is -1.58. The summed E-state index contributed by atoms with van der Waals surface area (Å²) >= 11 is 0. The number of imide groups is 1. The van der Waals surface area contributed by atoms with Gasteiger partial charge in [-0.25, -0.2) is 0 Å². The molecule has 15 heavy (non-hydrogen) atoms. The summed E-state index contributed by atoms with van der Waals surface area (Å²) in [7, 11) is 1.81. The molecule has 80 valence electrons. The van der Waals surface area contributed by atoms with Crippen LogP contribution in [-0.2, 0) is 7.05 Å². The van der Waals surface area contributed by atoms with E-state index in [0.29, 0.717) is 23.6 Å². The minimum Gasteiger partial charge on any atom is -0.356 e. The zero-order valence-electron chi connectivity index (χ0n) is 9.15. The molecule has 0 N–H and O–H groups in total. The first kappa shape index (κ1) is 9.96. The zero-order valence-corrected chi connectivity index (χ0v) is 9.15. The summed E-state index contributed by atoms with van der Waals surface area (Å²) < 4.78 is 1.74. The van der Waals surface area contributed by atoms with Gasteiger partial charge in [0.25, 0.3) is 11.8 Å². The molecular formula is C11H14N2O2. The van der Waals surface area contributed by atoms with E-state index in [-0.39, 0.29) is 11.8 Å². The minimum atomic E-state index is -0.163. The molecule has 2 heterocycles. The predicted molar refractivity (Wildman–Crippen MR) is 55.6 cm³/mol. The predicted octanol–water partition coefficient (Wildman–Crippen LogP) is 1.28. The van der Waals surface area contributed by atoms with Gasteiger partial charge in [-0.2, -0.15) is 0 Å². The van der Waals surface area contributed by atoms with Gasteiger partial charge in [-0.1, -0.05) is 13.8 Å². The average molecular weight is 206 g/mol. The fourth-order valence-corrected chi connectivity index (χ4v) is 1.84. The monoisotopic (exact) mass is 206 g/mol. The third-order valence-corrected chi connectivity index (χ3v) is 2.45. The van der Waals surface area contributed by atoms with Crippen LogP contribution >= 0.6 is 0 Å². The number of fused-ring (bicyclic) bond motifs is 1. The van der Waals surface area contributed by atoms with E-state index in [0.717, 1.165) is 0 Å². The van der Waals surface area contributed by atoms with Gasteiger partial charge in [-0.3, -0.25) is 14.5 Å². The van der Waals surface area contributed by atoms with E-state index in [1.807, 2.05) is 20.9 Å². The normalized spacial score (nSPS) is 15.3. The molecule has 0 fully saturated rings. The molecule has 2 amide bonds. The van der Waals surface area contributed by atoms with Gasteiger partial charge >= 0.3 is 0 Å². The molecule has 1 aromatic rings. The van der Waals surface area contributed by atoms with Crippen molar-refractivity contribution in [3.05, 3.63) is 23.5 Å². The molecule has 1 aliphatic rings. The molecule has 0 saturated heterocycles. The fraction of sp³-hybridized carbons (Fsp3) is 0.455. The highest BCUT2D eigenvalue weighted by Gasteiger charge is 2.36. The maximum absolute atomic E-state index is 11.8. The smallest absolute Gasteiger partial charge is 0.263 e. The van der Waals surface area contributed by atoms with Crippen LogP contribution in [0.1, 0.15) is 34.6 Å². The Bertz CT molecular complexity index is 398. The van der Waals surface area contributed by atoms with E-state index in [2.05, 4.69) is 0 Å². The number of aromatic nitrogens is 1. The van der Waals surface area contributed by atoms with Crippen LogP contribution in [0.4, 0.5) is 0 Å². The van der Waals surface area contributed by atoms with Crippen molar-refractivity contribution in [1.82, 2.24) is 9.47 Å². The summed E-state index contributed by atoms with van der Waals surface area (Å²) in [6, 6.07) is 0. The summed E-state index contributed by atoms with van der Waals surface area (Å²) in [5.41, 5.74) is 1.06. The molecule has 0 saturated carbocycles. The zero-order chi connectivity index (χ0) is 11.2. The van der Waals surface area contributed by atoms with Gasteiger partial charge in [0.1, 0.15) is 0 Å². The first-order chi connectivity index (χ1) is 7.00. The quantitative estimate of drug-likeness (QED) is 0.684. The maximum Gasteiger partial charge on any atom is 0.263 e. The summed E-state index contributed by atoms with van der Waals surface area (Å²) in [6.07, 6.45) is 3.41. The number of amides is 2. The van der Waals surface area contributed by atoms with E-state index >= 15 is 0 Å². The number of carbonyl (C=O) groups is 2. The number of carbonyl (C=O) groups excluding carboxylic acids is 2. The second-order valence-corrected chi connectivity index (χ2v) is 4.37. The van der Waals surface area contributed by atoms with Crippen molar-refractivity contribution >= 4 is 11.8 Å². The van der Waals surface area contributed by atoms with E-state index in [9.17, 15) is 9.59 Å². The van der Waals surface area contributed by atoms with Crippen molar-refractivity contribution in [2.24, 2.45) is 13.0 Å². The van der Waals surface area contributed by atoms with Gasteiger partial charge in [-0.05, 0) is 5.92 Å². The molecule has 0 spiro atoms. The van der Waals surface area contributed by atoms with Crippen LogP contribution in [-0.4, -0.2) is 27.8 Å². The number of hydrogen-bond acceptors (Lipinski definition) is 2. The Morgan fingerprint density at radius 3 is 2.00 bits per heavy atom. The molecule has 0 bridgehead atoms. The highest BCUT2D eigenvalue weighted by Crippen LogP contribution is 2.23. The Labute approximate surface area is 88.5 Å². The average Bonchev–Trinajstić information content (AvgIpc) is 2.61. The van der Waals surface area contributed by atoms with Gasteiger partial charge < -0.3 is 4.57 Å². The standard InChI is InChI=1S/C11H14N2O2/c1-7(2)4-13-10(14)8-5-12(3)6-9(8)11(13)15/h5-7H,4H2,1-3H3. The lowest BCUT2D eigenvalue weighted by Gasteiger charge is -2.16. The molecule has 0 aromatic carbocycles. The molecule has 1 aliphatic heterocycles. The van der Waals surface area contributed by atoms with E-state index < -0.39 is 0 Å². The molecule has 0 radical (unpaired) electrons. The maximum atomic E-state index is 11.8. The Kier molecular flexibility index (Phi) is 2.14. The lowest BCUT2D eigenvalue weighted by molar-refractivity contribution is 0.0635. The van der Waals surface area contributed by atoms with Gasteiger partial charge in [0.05, 0.1) is 11.1 Å². The third kappa shape index (κ3) is 1.46. The number of nitrogens with zero attached hydrogens (tertiary/aromatic N) is 2. The Morgan fingerprint density at radius 1 is 1.13 bits per heavy atom. The summed E-state index contributed by atoms with van der Waals surface area (Å²) in [5, 5.41) is 0. The third-order valence-electron chi connectivity index (χ3n) is 2.45. The van der Waals surface area contributed by atoms with Crippen molar-refractivity contribution in [2.45, 2.75) is 13.8 Å². The second-order valence-electron chi connectivity index (χ2n) is 4.37. The van der Waals surface area contributed by atoms with Gasteiger partial charge in [0.2, 0.25) is 0 Å². The van der Waals surface area contributed by atoms with Crippen molar-refractivity contribution < 1.29 is 9.59 Å². The van der Waals surface area contributed by atoms with Crippen LogP contribution in [0.2, 0.25) is 0 Å². The first-order valence-electron chi connectivity index (χ1n) is 5.03. The van der Waals surface area contributed by atoms with Crippen LogP contribution < -0.4 is 0 Å². The van der Waals surface area contributed by atoms with Crippen LogP contribution in [0, 0.1) is 5.92 Å². The van der Waals surface area contributed by atoms with E-state index in [1.54, 1.807) is 17.0 Å². The Morgan fingerprint density at radius 2 is 1.60 bits per heavy atom. The Balaban J connectivity index is 2.34. The highest BCUT2D eigenvalue weighted by molar-refractivity contribution is 6.21. The highest BCUT2D eigenvalue weighted by atomic mass is 16.2. The van der Waals surface area contributed by atoms with Crippen molar-refractivity contribution in [2.75, 3.05) is 6.54 Å². The first-order valence-corrected chi connectivity index (χ1v) is 5.03. The van der Waals surface area contributed by atoms with Gasteiger partial charge in [0.15, 0.2) is 0 Å². The second kappa shape index (κ2) is 3.22. The lowest BCUT2D eigenvalue weighted by Crippen LogP contribution is -2.33. The summed E-state index contributed by atoms with van der Waals surface area (Å²) in [6.45, 7) is 4.48. The largest absolute Gasteiger partial charge is 0.356 e. The molecule has 4 nitrogen and oxygen atoms in total. The van der Waals surface area contributed by atoms with Crippen molar-refractivity contribution in [1.29, 1.82) is 0 Å². The van der Waals surface area contributed by atoms with Crippen molar-refractivity contribution in [3.63, 3.8) is 0 Å². The van der Waals surface area contributed by atoms with Crippen LogP contribution in [0.15, 0.2) is 12.4 Å². The number of hydrogen-bond donors (Lipinski definition) is 0. The van der Waals surface area contributed by atoms with Gasteiger partial charge in [-0.15, -0.1) is 0 Å². The number of rotatable bonds is 2. The molecule has 0 aliphatic carbocycles. The molecule has 0 atom stereocenters. The topological polar surface area (TPSA) is 42.3 Å². The SMILES string of the molecule is CC(C)CN1C(=O)c2cn(C)cc2C1=O. The number of aryl methyl sites for hydroxylation is 1. The molecule has 1 aromatic heterocycles. The lowest BCUT2D eigenvalue weighted by atomic mass is 10.2. The van der Waals surface area contributed by atoms with Crippen LogP contribution in [0.5, 0.6) is 0 Å². The van der Waals surface area contributed by atoms with Gasteiger partial charge in [0, 0.05) is 26.0 Å². The van der Waals surface area contributed by atoms with Crippen molar-refractivity contribution in [3.8, 4) is 0 Å². The molecule has 2 rings (SSSR count). The summed E-state index contributed by atoms with van der Waals surface area (Å²) in [4.78, 5) is 25.0. The van der Waals surface area contributed by atoms with E-state index in [1.165, 1.54) is 4.90 Å². The fourth-order valence-electron chi connectivity index (χ4n) is 1.84. The minimum absolute atomic E-state index is 0.163. The van der Waals surface area contributed by atoms with Crippen LogP contribution in [0.3, 0.4) is 0 Å². The molecular weight excluding hydrogens is 192 g/mol. The summed E-state index contributed by atoms with van der Waals surface area (Å²) in [5.74, 6) is -0.0238. The molecule has 0 unspecified atom stereocenters. The molecule has 4 heteroatoms.